The van der Waals surface area contributed by atoms with Crippen molar-refractivity contribution in [1.29, 1.82) is 0 Å². The summed E-state index contributed by atoms with van der Waals surface area (Å²) in [4.78, 5) is 16.2. The van der Waals surface area contributed by atoms with Gasteiger partial charge in [-0.2, -0.15) is 4.98 Å². The van der Waals surface area contributed by atoms with Crippen LogP contribution < -0.4 is 10.6 Å². The number of para-hydroxylation sites is 1. The summed E-state index contributed by atoms with van der Waals surface area (Å²) in [6, 6.07) is 6.73. The van der Waals surface area contributed by atoms with E-state index in [4.69, 9.17) is 9.15 Å². The second kappa shape index (κ2) is 13.2. The predicted molar refractivity (Wildman–Crippen MR) is 128 cm³/mol. The number of benzene rings is 1. The SMILES string of the molecule is CCCCCCCCCCc1cccc2nc(NCCCNC(=O)OC(C)(C)C)oc12. The first-order valence-corrected chi connectivity index (χ1v) is 12.0. The molecule has 0 bridgehead atoms. The maximum atomic E-state index is 11.6. The van der Waals surface area contributed by atoms with Crippen LogP contribution in [0.1, 0.15) is 91.0 Å². The van der Waals surface area contributed by atoms with Gasteiger partial charge in [-0.25, -0.2) is 4.79 Å². The third kappa shape index (κ3) is 10.1. The molecule has 0 saturated heterocycles. The summed E-state index contributed by atoms with van der Waals surface area (Å²) in [5.74, 6) is 0. The highest BCUT2D eigenvalue weighted by Gasteiger charge is 2.15. The zero-order valence-corrected chi connectivity index (χ0v) is 19.9. The lowest BCUT2D eigenvalue weighted by Crippen LogP contribution is -2.33. The van der Waals surface area contributed by atoms with Crippen LogP contribution in [0, 0.1) is 0 Å². The van der Waals surface area contributed by atoms with E-state index in [0.717, 1.165) is 23.9 Å². The Labute approximate surface area is 187 Å². The third-order valence-electron chi connectivity index (χ3n) is 5.09. The molecule has 0 unspecified atom stereocenters. The predicted octanol–water partition coefficient (Wildman–Crippen LogP) is 6.84. The molecule has 1 aromatic heterocycles. The van der Waals surface area contributed by atoms with E-state index in [2.05, 4.69) is 34.7 Å². The molecular weight excluding hydrogens is 390 g/mol. The fourth-order valence-corrected chi connectivity index (χ4v) is 3.52. The Morgan fingerprint density at radius 2 is 1.71 bits per heavy atom. The van der Waals surface area contributed by atoms with Gasteiger partial charge in [0.1, 0.15) is 11.1 Å². The summed E-state index contributed by atoms with van der Waals surface area (Å²) in [5.41, 5.74) is 2.54. The largest absolute Gasteiger partial charge is 0.444 e. The fourth-order valence-electron chi connectivity index (χ4n) is 3.52. The normalized spacial score (nSPS) is 11.6. The van der Waals surface area contributed by atoms with Gasteiger partial charge in [-0.05, 0) is 51.7 Å². The molecule has 0 spiro atoms. The highest BCUT2D eigenvalue weighted by Crippen LogP contribution is 2.24. The minimum Gasteiger partial charge on any atom is -0.444 e. The van der Waals surface area contributed by atoms with Crippen LogP contribution >= 0.6 is 0 Å². The maximum absolute atomic E-state index is 11.6. The van der Waals surface area contributed by atoms with Crippen molar-refractivity contribution in [2.24, 2.45) is 0 Å². The molecule has 2 rings (SSSR count). The van der Waals surface area contributed by atoms with Crippen LogP contribution in [0.4, 0.5) is 10.8 Å². The average Bonchev–Trinajstić information content (AvgIpc) is 3.12. The standard InChI is InChI=1S/C25H41N3O3/c1-5-6-7-8-9-10-11-12-15-20-16-13-17-21-22(20)30-23(28-21)26-18-14-19-27-24(29)31-25(2,3)4/h13,16-17H,5-12,14-15,18-19H2,1-4H3,(H,26,28)(H,27,29). The molecule has 0 aliphatic rings. The lowest BCUT2D eigenvalue weighted by Gasteiger charge is -2.19. The van der Waals surface area contributed by atoms with Crippen LogP contribution in [0.25, 0.3) is 11.1 Å². The summed E-state index contributed by atoms with van der Waals surface area (Å²) in [6.07, 6.45) is 11.9. The van der Waals surface area contributed by atoms with Crippen LogP contribution in [0.5, 0.6) is 0 Å². The van der Waals surface area contributed by atoms with Gasteiger partial charge in [0, 0.05) is 13.1 Å². The van der Waals surface area contributed by atoms with Gasteiger partial charge in [0.25, 0.3) is 6.01 Å². The Bertz CT molecular complexity index is 780. The van der Waals surface area contributed by atoms with E-state index in [1.807, 2.05) is 26.8 Å². The first kappa shape index (κ1) is 25.0. The molecule has 0 aliphatic heterocycles. The Hall–Kier alpha value is -2.24. The molecule has 6 heteroatoms. The second-order valence-corrected chi connectivity index (χ2v) is 9.22. The van der Waals surface area contributed by atoms with E-state index in [1.165, 1.54) is 56.9 Å². The van der Waals surface area contributed by atoms with E-state index >= 15 is 0 Å². The number of hydrogen-bond acceptors (Lipinski definition) is 5. The second-order valence-electron chi connectivity index (χ2n) is 9.22. The van der Waals surface area contributed by atoms with Gasteiger partial charge < -0.3 is 19.8 Å². The van der Waals surface area contributed by atoms with Gasteiger partial charge in [-0.15, -0.1) is 0 Å². The van der Waals surface area contributed by atoms with Gasteiger partial charge in [0.2, 0.25) is 0 Å². The highest BCUT2D eigenvalue weighted by molar-refractivity contribution is 5.78. The number of amides is 1. The smallest absolute Gasteiger partial charge is 0.407 e. The molecule has 174 valence electrons. The number of fused-ring (bicyclic) bond motifs is 1. The number of aryl methyl sites for hydroxylation is 1. The van der Waals surface area contributed by atoms with Crippen molar-refractivity contribution in [3.05, 3.63) is 23.8 Å². The Balaban J connectivity index is 1.69. The number of aromatic nitrogens is 1. The van der Waals surface area contributed by atoms with Gasteiger partial charge in [0.15, 0.2) is 5.58 Å². The molecule has 6 nitrogen and oxygen atoms in total. The van der Waals surface area contributed by atoms with Crippen LogP contribution in [-0.2, 0) is 11.2 Å². The Kier molecular flexibility index (Phi) is 10.7. The molecular formula is C25H41N3O3. The zero-order valence-electron chi connectivity index (χ0n) is 19.9. The molecule has 0 radical (unpaired) electrons. The summed E-state index contributed by atoms with van der Waals surface area (Å²) in [5, 5.41) is 5.97. The van der Waals surface area contributed by atoms with Crippen molar-refractivity contribution in [2.45, 2.75) is 97.5 Å². The molecule has 1 heterocycles. The number of hydrogen-bond donors (Lipinski definition) is 2. The number of nitrogens with zero attached hydrogens (tertiary/aromatic N) is 1. The first-order valence-electron chi connectivity index (χ1n) is 12.0. The van der Waals surface area contributed by atoms with Crippen molar-refractivity contribution in [3.63, 3.8) is 0 Å². The van der Waals surface area contributed by atoms with Crippen molar-refractivity contribution in [1.82, 2.24) is 10.3 Å². The molecule has 0 fully saturated rings. The van der Waals surface area contributed by atoms with Crippen LogP contribution in [0.15, 0.2) is 22.6 Å². The van der Waals surface area contributed by atoms with Gasteiger partial charge >= 0.3 is 6.09 Å². The molecule has 2 N–H and O–H groups in total. The van der Waals surface area contributed by atoms with E-state index in [-0.39, 0.29) is 6.09 Å². The van der Waals surface area contributed by atoms with Gasteiger partial charge in [-0.1, -0.05) is 64.0 Å². The first-order chi connectivity index (χ1) is 14.9. The zero-order chi connectivity index (χ0) is 22.5. The number of alkyl carbamates (subject to hydrolysis) is 1. The van der Waals surface area contributed by atoms with Crippen LogP contribution in [0.2, 0.25) is 0 Å². The molecule has 31 heavy (non-hydrogen) atoms. The summed E-state index contributed by atoms with van der Waals surface area (Å²) >= 11 is 0. The number of ether oxygens (including phenoxy) is 1. The highest BCUT2D eigenvalue weighted by atomic mass is 16.6. The molecule has 1 aromatic carbocycles. The van der Waals surface area contributed by atoms with E-state index < -0.39 is 5.60 Å². The van der Waals surface area contributed by atoms with Crippen molar-refractivity contribution >= 4 is 23.2 Å². The fraction of sp³-hybridized carbons (Fsp3) is 0.680. The Morgan fingerprint density at radius 3 is 2.42 bits per heavy atom. The minimum atomic E-state index is -0.479. The number of oxazole rings is 1. The minimum absolute atomic E-state index is 0.389. The molecule has 2 aromatic rings. The van der Waals surface area contributed by atoms with Crippen LogP contribution in [0.3, 0.4) is 0 Å². The average molecular weight is 432 g/mol. The summed E-state index contributed by atoms with van der Waals surface area (Å²) in [6.45, 7) is 9.01. The maximum Gasteiger partial charge on any atom is 0.407 e. The number of carbonyl (C=O) groups is 1. The van der Waals surface area contributed by atoms with Crippen LogP contribution in [-0.4, -0.2) is 29.8 Å². The van der Waals surface area contributed by atoms with E-state index in [0.29, 0.717) is 19.1 Å². The quantitative estimate of drug-likeness (QED) is 0.320. The molecule has 0 atom stereocenters. The monoisotopic (exact) mass is 431 g/mol. The van der Waals surface area contributed by atoms with Gasteiger partial charge in [-0.3, -0.25) is 0 Å². The van der Waals surface area contributed by atoms with Crippen molar-refractivity contribution in [2.75, 3.05) is 18.4 Å². The van der Waals surface area contributed by atoms with Gasteiger partial charge in [0.05, 0.1) is 0 Å². The lowest BCUT2D eigenvalue weighted by molar-refractivity contribution is 0.0528. The molecule has 0 saturated carbocycles. The van der Waals surface area contributed by atoms with E-state index in [9.17, 15) is 4.79 Å². The number of nitrogens with one attached hydrogen (secondary N) is 2. The number of unbranched alkanes of at least 4 members (excludes halogenated alkanes) is 7. The number of carbonyl (C=O) groups excluding carboxylic acids is 1. The number of rotatable bonds is 14. The molecule has 0 aliphatic carbocycles. The third-order valence-corrected chi connectivity index (χ3v) is 5.09. The topological polar surface area (TPSA) is 76.4 Å². The Morgan fingerprint density at radius 1 is 1.00 bits per heavy atom. The van der Waals surface area contributed by atoms with Crippen molar-refractivity contribution in [3.8, 4) is 0 Å². The van der Waals surface area contributed by atoms with Crippen molar-refractivity contribution < 1.29 is 13.9 Å². The summed E-state index contributed by atoms with van der Waals surface area (Å²) < 4.78 is 11.2. The lowest BCUT2D eigenvalue weighted by atomic mass is 10.0. The number of anilines is 1. The van der Waals surface area contributed by atoms with E-state index in [1.54, 1.807) is 0 Å². The molecule has 1 amide bonds. The summed E-state index contributed by atoms with van der Waals surface area (Å²) in [7, 11) is 0.